The van der Waals surface area contributed by atoms with Gasteiger partial charge in [0.05, 0.1) is 17.6 Å². The number of hydrogen-bond acceptors (Lipinski definition) is 3. The number of hydrogen-bond donors (Lipinski definition) is 1. The molecule has 0 aliphatic heterocycles. The summed E-state index contributed by atoms with van der Waals surface area (Å²) in [5, 5.41) is 0. The summed E-state index contributed by atoms with van der Waals surface area (Å²) in [7, 11) is 0. The van der Waals surface area contributed by atoms with Gasteiger partial charge in [-0.15, -0.1) is 0 Å². The second-order valence-corrected chi connectivity index (χ2v) is 4.83. The van der Waals surface area contributed by atoms with Crippen LogP contribution in [0.1, 0.15) is 15.9 Å². The summed E-state index contributed by atoms with van der Waals surface area (Å²) in [5.74, 6) is 0.395. The Bertz CT molecular complexity index is 772. The highest BCUT2D eigenvalue weighted by Crippen LogP contribution is 2.18. The molecule has 0 atom stereocenters. The lowest BCUT2D eigenvalue weighted by Crippen LogP contribution is -2.12. The second-order valence-electron chi connectivity index (χ2n) is 4.83. The van der Waals surface area contributed by atoms with Crippen molar-refractivity contribution in [3.8, 4) is 0 Å². The molecule has 100 valence electrons. The number of ketones is 1. The number of fused-ring (bicyclic) bond motifs is 1. The summed E-state index contributed by atoms with van der Waals surface area (Å²) in [6.07, 6.45) is 0. The van der Waals surface area contributed by atoms with E-state index < -0.39 is 0 Å². The number of para-hydroxylation sites is 2. The highest BCUT2D eigenvalue weighted by molar-refractivity contribution is 5.97. The number of carbonyl (C=O) groups excluding carboxylic acids is 1. The van der Waals surface area contributed by atoms with Crippen LogP contribution in [0.2, 0.25) is 0 Å². The normalized spacial score (nSPS) is 10.8. The van der Waals surface area contributed by atoms with Gasteiger partial charge in [0.25, 0.3) is 0 Å². The quantitative estimate of drug-likeness (QED) is 0.741. The lowest BCUT2D eigenvalue weighted by atomic mass is 10.1. The molecule has 2 N–H and O–H groups in total. The Morgan fingerprint density at radius 2 is 1.85 bits per heavy atom. The van der Waals surface area contributed by atoms with Crippen molar-refractivity contribution in [2.45, 2.75) is 13.5 Å². The zero-order chi connectivity index (χ0) is 14.1. The molecule has 0 spiro atoms. The Kier molecular flexibility index (Phi) is 2.99. The van der Waals surface area contributed by atoms with E-state index in [1.165, 1.54) is 0 Å². The molecular formula is C16H15N3O. The fraction of sp³-hybridized carbons (Fsp3) is 0.125. The molecule has 4 heteroatoms. The predicted octanol–water partition coefficient (Wildman–Crippen LogP) is 2.81. The number of aromatic nitrogens is 2. The van der Waals surface area contributed by atoms with Crippen LogP contribution in [0.4, 0.5) is 5.95 Å². The third-order valence-corrected chi connectivity index (χ3v) is 3.36. The van der Waals surface area contributed by atoms with Crippen molar-refractivity contribution in [1.29, 1.82) is 0 Å². The van der Waals surface area contributed by atoms with Gasteiger partial charge < -0.3 is 10.3 Å². The highest BCUT2D eigenvalue weighted by Gasteiger charge is 2.12. The van der Waals surface area contributed by atoms with E-state index in [1.54, 1.807) is 4.57 Å². The molecule has 20 heavy (non-hydrogen) atoms. The van der Waals surface area contributed by atoms with Crippen molar-refractivity contribution in [2.75, 3.05) is 5.73 Å². The van der Waals surface area contributed by atoms with E-state index in [0.717, 1.165) is 16.6 Å². The van der Waals surface area contributed by atoms with Crippen LogP contribution in [-0.2, 0) is 6.54 Å². The number of anilines is 1. The van der Waals surface area contributed by atoms with E-state index in [0.29, 0.717) is 11.5 Å². The first-order valence-corrected chi connectivity index (χ1v) is 6.46. The average Bonchev–Trinajstić information content (AvgIpc) is 2.76. The Morgan fingerprint density at radius 1 is 1.15 bits per heavy atom. The monoisotopic (exact) mass is 265 g/mol. The van der Waals surface area contributed by atoms with Crippen molar-refractivity contribution in [3.05, 3.63) is 59.7 Å². The molecule has 0 radical (unpaired) electrons. The molecule has 0 saturated heterocycles. The van der Waals surface area contributed by atoms with Crippen molar-refractivity contribution in [1.82, 2.24) is 9.55 Å². The van der Waals surface area contributed by atoms with E-state index in [9.17, 15) is 4.79 Å². The fourth-order valence-corrected chi connectivity index (χ4v) is 2.23. The Morgan fingerprint density at radius 3 is 2.60 bits per heavy atom. The van der Waals surface area contributed by atoms with E-state index in [2.05, 4.69) is 4.98 Å². The maximum Gasteiger partial charge on any atom is 0.201 e. The van der Waals surface area contributed by atoms with Crippen LogP contribution in [0.3, 0.4) is 0 Å². The van der Waals surface area contributed by atoms with Gasteiger partial charge in [0.15, 0.2) is 5.78 Å². The number of nitrogens with two attached hydrogens (primary N) is 1. The number of carbonyl (C=O) groups is 1. The van der Waals surface area contributed by atoms with E-state index in [4.69, 9.17) is 5.73 Å². The van der Waals surface area contributed by atoms with Crippen molar-refractivity contribution >= 4 is 22.8 Å². The van der Waals surface area contributed by atoms with Crippen LogP contribution < -0.4 is 5.73 Å². The van der Waals surface area contributed by atoms with Crippen LogP contribution in [0, 0.1) is 6.92 Å². The van der Waals surface area contributed by atoms with Crippen molar-refractivity contribution in [2.24, 2.45) is 0 Å². The second kappa shape index (κ2) is 4.81. The first kappa shape index (κ1) is 12.4. The lowest BCUT2D eigenvalue weighted by molar-refractivity contribution is 0.0974. The minimum atomic E-state index is 0.0276. The van der Waals surface area contributed by atoms with Gasteiger partial charge in [0.2, 0.25) is 5.95 Å². The molecule has 0 bridgehead atoms. The maximum atomic E-state index is 12.3. The number of nitrogens with zero attached hydrogens (tertiary/aromatic N) is 2. The van der Waals surface area contributed by atoms with Gasteiger partial charge >= 0.3 is 0 Å². The highest BCUT2D eigenvalue weighted by atomic mass is 16.1. The number of Topliss-reactive ketones (excluding diaryl/α,β-unsaturated/α-hetero) is 1. The van der Waals surface area contributed by atoms with Crippen molar-refractivity contribution in [3.63, 3.8) is 0 Å². The standard InChI is InChI=1S/C16H15N3O/c1-11-6-8-12(9-7-11)15(20)10-19-14-5-3-2-4-13(14)18-16(19)17/h2-9H,10H2,1H3,(H2,17,18). The number of rotatable bonds is 3. The molecule has 0 aliphatic carbocycles. The maximum absolute atomic E-state index is 12.3. The largest absolute Gasteiger partial charge is 0.369 e. The molecule has 1 aromatic heterocycles. The van der Waals surface area contributed by atoms with Gasteiger partial charge in [-0.25, -0.2) is 4.98 Å². The number of benzene rings is 2. The fourth-order valence-electron chi connectivity index (χ4n) is 2.23. The molecule has 0 unspecified atom stereocenters. The average molecular weight is 265 g/mol. The number of imidazole rings is 1. The van der Waals surface area contributed by atoms with Crippen molar-refractivity contribution < 1.29 is 4.79 Å². The smallest absolute Gasteiger partial charge is 0.201 e. The zero-order valence-electron chi connectivity index (χ0n) is 11.2. The molecule has 3 rings (SSSR count). The van der Waals surface area contributed by atoms with E-state index >= 15 is 0 Å². The summed E-state index contributed by atoms with van der Waals surface area (Å²) in [6, 6.07) is 15.2. The molecule has 0 fully saturated rings. The Hall–Kier alpha value is -2.62. The molecule has 1 heterocycles. The van der Waals surface area contributed by atoms with Gasteiger partial charge in [-0.2, -0.15) is 0 Å². The predicted molar refractivity (Wildman–Crippen MR) is 79.7 cm³/mol. The summed E-state index contributed by atoms with van der Waals surface area (Å²) in [4.78, 5) is 16.6. The third-order valence-electron chi connectivity index (χ3n) is 3.36. The molecule has 3 aromatic rings. The SMILES string of the molecule is Cc1ccc(C(=O)Cn2c(N)nc3ccccc32)cc1. The Balaban J connectivity index is 1.95. The van der Waals surface area contributed by atoms with Crippen LogP contribution in [-0.4, -0.2) is 15.3 Å². The first-order chi connectivity index (χ1) is 9.65. The topological polar surface area (TPSA) is 60.9 Å². The summed E-state index contributed by atoms with van der Waals surface area (Å²) in [6.45, 7) is 2.20. The first-order valence-electron chi connectivity index (χ1n) is 6.46. The summed E-state index contributed by atoms with van der Waals surface area (Å²) < 4.78 is 1.75. The van der Waals surface area contributed by atoms with Crippen LogP contribution in [0.15, 0.2) is 48.5 Å². The van der Waals surface area contributed by atoms with Crippen LogP contribution in [0.5, 0.6) is 0 Å². The van der Waals surface area contributed by atoms with Gasteiger partial charge in [-0.1, -0.05) is 42.0 Å². The van der Waals surface area contributed by atoms with E-state index in [1.807, 2.05) is 55.5 Å². The van der Waals surface area contributed by atoms with Gasteiger partial charge in [-0.3, -0.25) is 4.79 Å². The summed E-state index contributed by atoms with van der Waals surface area (Å²) >= 11 is 0. The number of nitrogen functional groups attached to an aromatic ring is 1. The number of aryl methyl sites for hydroxylation is 1. The van der Waals surface area contributed by atoms with Gasteiger partial charge in [0, 0.05) is 5.56 Å². The third kappa shape index (κ3) is 2.16. The summed E-state index contributed by atoms with van der Waals surface area (Å²) in [5.41, 5.74) is 9.41. The minimum absolute atomic E-state index is 0.0276. The Labute approximate surface area is 116 Å². The molecule has 2 aromatic carbocycles. The van der Waals surface area contributed by atoms with Crippen LogP contribution in [0.25, 0.3) is 11.0 Å². The van der Waals surface area contributed by atoms with Crippen LogP contribution >= 0.6 is 0 Å². The molecule has 0 saturated carbocycles. The zero-order valence-corrected chi connectivity index (χ0v) is 11.2. The molecule has 0 amide bonds. The molecular weight excluding hydrogens is 250 g/mol. The minimum Gasteiger partial charge on any atom is -0.369 e. The molecule has 4 nitrogen and oxygen atoms in total. The van der Waals surface area contributed by atoms with Gasteiger partial charge in [-0.05, 0) is 19.1 Å². The van der Waals surface area contributed by atoms with Gasteiger partial charge in [0.1, 0.15) is 0 Å². The lowest BCUT2D eigenvalue weighted by Gasteiger charge is -2.06. The molecule has 0 aliphatic rings. The van der Waals surface area contributed by atoms with E-state index in [-0.39, 0.29) is 12.3 Å².